The predicted molar refractivity (Wildman–Crippen MR) is 81.5 cm³/mol. The molecule has 2 rings (SSSR count). The molecule has 0 spiro atoms. The van der Waals surface area contributed by atoms with Gasteiger partial charge in [-0.25, -0.2) is 4.39 Å². The largest absolute Gasteiger partial charge is 0.355 e. The molecule has 1 saturated heterocycles. The summed E-state index contributed by atoms with van der Waals surface area (Å²) in [6.45, 7) is 3.08. The molecule has 1 atom stereocenters. The Morgan fingerprint density at radius 2 is 2.33 bits per heavy atom. The number of halogens is 2. The van der Waals surface area contributed by atoms with Crippen LogP contribution >= 0.6 is 11.6 Å². The fourth-order valence-electron chi connectivity index (χ4n) is 2.66. The van der Waals surface area contributed by atoms with Crippen LogP contribution in [0.5, 0.6) is 0 Å². The van der Waals surface area contributed by atoms with Crippen molar-refractivity contribution in [2.24, 2.45) is 11.7 Å². The third-order valence-electron chi connectivity index (χ3n) is 3.72. The monoisotopic (exact) mass is 313 g/mol. The van der Waals surface area contributed by atoms with E-state index in [0.717, 1.165) is 24.9 Å². The van der Waals surface area contributed by atoms with Gasteiger partial charge in [0.1, 0.15) is 5.82 Å². The Kier molecular flexibility index (Phi) is 5.96. The van der Waals surface area contributed by atoms with Crippen molar-refractivity contribution in [1.29, 1.82) is 0 Å². The van der Waals surface area contributed by atoms with E-state index in [4.69, 9.17) is 17.3 Å². The van der Waals surface area contributed by atoms with Gasteiger partial charge in [-0.05, 0) is 43.1 Å². The molecule has 0 aliphatic carbocycles. The molecule has 1 aromatic rings. The van der Waals surface area contributed by atoms with Crippen LogP contribution in [0.25, 0.3) is 0 Å². The fraction of sp³-hybridized carbons (Fsp3) is 0.533. The second-order valence-electron chi connectivity index (χ2n) is 5.39. The molecular formula is C15H21ClFN3O. The molecule has 0 bridgehead atoms. The van der Waals surface area contributed by atoms with Crippen molar-refractivity contribution < 1.29 is 9.18 Å². The maximum absolute atomic E-state index is 13.3. The first-order chi connectivity index (χ1) is 10.1. The summed E-state index contributed by atoms with van der Waals surface area (Å²) in [5.41, 5.74) is 6.15. The summed E-state index contributed by atoms with van der Waals surface area (Å²) in [4.78, 5) is 14.1. The number of carbonyl (C=O) groups excluding carboxylic acids is 1. The Bertz CT molecular complexity index is 498. The molecule has 1 amide bonds. The summed E-state index contributed by atoms with van der Waals surface area (Å²) >= 11 is 6.10. The van der Waals surface area contributed by atoms with Gasteiger partial charge in [0.25, 0.3) is 0 Å². The lowest BCUT2D eigenvalue weighted by molar-refractivity contribution is -0.126. The van der Waals surface area contributed by atoms with Gasteiger partial charge < -0.3 is 11.1 Å². The summed E-state index contributed by atoms with van der Waals surface area (Å²) in [5, 5.41) is 3.39. The first kappa shape index (κ1) is 16.2. The summed E-state index contributed by atoms with van der Waals surface area (Å²) in [6, 6.07) is 4.38. The zero-order chi connectivity index (χ0) is 15.2. The molecule has 1 aromatic carbocycles. The van der Waals surface area contributed by atoms with Crippen LogP contribution in [0.1, 0.15) is 18.4 Å². The number of piperidine rings is 1. The zero-order valence-corrected chi connectivity index (χ0v) is 12.7. The number of likely N-dealkylation sites (tertiary alicyclic amines) is 1. The average Bonchev–Trinajstić information content (AvgIpc) is 2.49. The van der Waals surface area contributed by atoms with Gasteiger partial charge in [-0.2, -0.15) is 0 Å². The molecule has 1 fully saturated rings. The van der Waals surface area contributed by atoms with Gasteiger partial charge in [0, 0.05) is 31.2 Å². The predicted octanol–water partition coefficient (Wildman–Crippen LogP) is 1.77. The second-order valence-corrected chi connectivity index (χ2v) is 5.80. The fourth-order valence-corrected chi connectivity index (χ4v) is 2.84. The van der Waals surface area contributed by atoms with Crippen molar-refractivity contribution in [2.45, 2.75) is 19.4 Å². The third-order valence-corrected chi connectivity index (χ3v) is 4.09. The molecule has 21 heavy (non-hydrogen) atoms. The second kappa shape index (κ2) is 7.73. The number of nitrogens with one attached hydrogen (secondary N) is 1. The van der Waals surface area contributed by atoms with Crippen LogP contribution in [-0.2, 0) is 11.3 Å². The highest BCUT2D eigenvalue weighted by atomic mass is 35.5. The van der Waals surface area contributed by atoms with Crippen molar-refractivity contribution in [2.75, 3.05) is 26.2 Å². The molecule has 1 aliphatic heterocycles. The lowest BCUT2D eigenvalue weighted by atomic mass is 9.96. The SMILES string of the molecule is NCCNC(=O)C1CCCN(Cc2cc(F)ccc2Cl)C1. The number of amides is 1. The highest BCUT2D eigenvalue weighted by molar-refractivity contribution is 6.31. The Balaban J connectivity index is 1.94. The Labute approximate surface area is 129 Å². The topological polar surface area (TPSA) is 58.4 Å². The van der Waals surface area contributed by atoms with Crippen molar-refractivity contribution >= 4 is 17.5 Å². The van der Waals surface area contributed by atoms with Crippen molar-refractivity contribution in [3.05, 3.63) is 34.6 Å². The quantitative estimate of drug-likeness (QED) is 0.871. The first-order valence-corrected chi connectivity index (χ1v) is 7.62. The molecule has 1 aliphatic rings. The van der Waals surface area contributed by atoms with Crippen molar-refractivity contribution in [3.8, 4) is 0 Å². The number of benzene rings is 1. The zero-order valence-electron chi connectivity index (χ0n) is 11.9. The van der Waals surface area contributed by atoms with Gasteiger partial charge >= 0.3 is 0 Å². The molecule has 0 radical (unpaired) electrons. The molecule has 1 heterocycles. The molecule has 6 heteroatoms. The number of carbonyl (C=O) groups is 1. The average molecular weight is 314 g/mol. The molecule has 116 valence electrons. The standard InChI is InChI=1S/C15H21ClFN3O/c16-14-4-3-13(17)8-12(14)10-20-7-1-2-11(9-20)15(21)19-6-5-18/h3-4,8,11H,1-2,5-7,9-10,18H2,(H,19,21). The summed E-state index contributed by atoms with van der Waals surface area (Å²) in [6.07, 6.45) is 1.83. The van der Waals surface area contributed by atoms with E-state index in [0.29, 0.717) is 31.2 Å². The number of hydrogen-bond donors (Lipinski definition) is 2. The molecule has 1 unspecified atom stereocenters. The van der Waals surface area contributed by atoms with E-state index in [2.05, 4.69) is 10.2 Å². The van der Waals surface area contributed by atoms with E-state index in [9.17, 15) is 9.18 Å². The Morgan fingerprint density at radius 3 is 3.10 bits per heavy atom. The Hall–Kier alpha value is -1.17. The van der Waals surface area contributed by atoms with Gasteiger partial charge in [0.2, 0.25) is 5.91 Å². The van der Waals surface area contributed by atoms with Gasteiger partial charge in [-0.1, -0.05) is 11.6 Å². The van der Waals surface area contributed by atoms with Crippen molar-refractivity contribution in [3.63, 3.8) is 0 Å². The van der Waals surface area contributed by atoms with Crippen LogP contribution in [0, 0.1) is 11.7 Å². The summed E-state index contributed by atoms with van der Waals surface area (Å²) in [7, 11) is 0. The number of nitrogens with zero attached hydrogens (tertiary/aromatic N) is 1. The molecular weight excluding hydrogens is 293 g/mol. The van der Waals surface area contributed by atoms with E-state index in [1.54, 1.807) is 6.07 Å². The van der Waals surface area contributed by atoms with Crippen LogP contribution in [0.15, 0.2) is 18.2 Å². The number of nitrogens with two attached hydrogens (primary N) is 1. The van der Waals surface area contributed by atoms with Gasteiger partial charge in [0.15, 0.2) is 0 Å². The third kappa shape index (κ3) is 4.66. The highest BCUT2D eigenvalue weighted by Gasteiger charge is 2.25. The van der Waals surface area contributed by atoms with Crippen molar-refractivity contribution in [1.82, 2.24) is 10.2 Å². The summed E-state index contributed by atoms with van der Waals surface area (Å²) in [5.74, 6) is -0.267. The maximum atomic E-state index is 13.3. The van der Waals surface area contributed by atoms with Crippen LogP contribution in [0.4, 0.5) is 4.39 Å². The lowest BCUT2D eigenvalue weighted by Gasteiger charge is -2.32. The van der Waals surface area contributed by atoms with Gasteiger partial charge in [-0.3, -0.25) is 9.69 Å². The minimum absolute atomic E-state index is 0.0300. The number of hydrogen-bond acceptors (Lipinski definition) is 3. The summed E-state index contributed by atoms with van der Waals surface area (Å²) < 4.78 is 13.3. The Morgan fingerprint density at radius 1 is 1.52 bits per heavy atom. The molecule has 0 saturated carbocycles. The van der Waals surface area contributed by atoms with Crippen LogP contribution in [-0.4, -0.2) is 37.0 Å². The van der Waals surface area contributed by atoms with Crippen LogP contribution in [0.3, 0.4) is 0 Å². The minimum Gasteiger partial charge on any atom is -0.355 e. The normalized spacial score (nSPS) is 19.5. The van der Waals surface area contributed by atoms with Crippen LogP contribution in [0.2, 0.25) is 5.02 Å². The van der Waals surface area contributed by atoms with E-state index in [1.807, 2.05) is 0 Å². The molecule has 4 nitrogen and oxygen atoms in total. The van der Waals surface area contributed by atoms with Crippen LogP contribution < -0.4 is 11.1 Å². The molecule has 3 N–H and O–H groups in total. The van der Waals surface area contributed by atoms with Gasteiger partial charge in [0.05, 0.1) is 5.92 Å². The number of rotatable bonds is 5. The minimum atomic E-state index is -0.288. The maximum Gasteiger partial charge on any atom is 0.224 e. The smallest absolute Gasteiger partial charge is 0.224 e. The van der Waals surface area contributed by atoms with E-state index < -0.39 is 0 Å². The van der Waals surface area contributed by atoms with Gasteiger partial charge in [-0.15, -0.1) is 0 Å². The van der Waals surface area contributed by atoms with E-state index in [1.165, 1.54) is 12.1 Å². The lowest BCUT2D eigenvalue weighted by Crippen LogP contribution is -2.43. The van der Waals surface area contributed by atoms with E-state index >= 15 is 0 Å². The highest BCUT2D eigenvalue weighted by Crippen LogP contribution is 2.23. The first-order valence-electron chi connectivity index (χ1n) is 7.24. The molecule has 0 aromatic heterocycles. The van der Waals surface area contributed by atoms with E-state index in [-0.39, 0.29) is 17.6 Å².